The third-order valence-corrected chi connectivity index (χ3v) is 5.12. The van der Waals surface area contributed by atoms with E-state index in [4.69, 9.17) is 4.52 Å². The molecule has 4 rings (SSSR count). The van der Waals surface area contributed by atoms with Gasteiger partial charge in [-0.25, -0.2) is 14.4 Å². The fraction of sp³-hybridized carbons (Fsp3) is 0.304. The van der Waals surface area contributed by atoms with Gasteiger partial charge in [-0.1, -0.05) is 25.9 Å². The van der Waals surface area contributed by atoms with E-state index in [9.17, 15) is 9.18 Å². The van der Waals surface area contributed by atoms with E-state index in [1.165, 1.54) is 12.4 Å². The number of carbonyl (C=O) groups is 1. The number of hydrogen-bond acceptors (Lipinski definition) is 8. The monoisotopic (exact) mass is 464 g/mol. The molecular formula is C23H25FN8O2. The Morgan fingerprint density at radius 1 is 1.21 bits per heavy atom. The van der Waals surface area contributed by atoms with Crippen LogP contribution in [0.4, 0.5) is 16.0 Å². The van der Waals surface area contributed by atoms with Crippen LogP contribution in [0.2, 0.25) is 0 Å². The van der Waals surface area contributed by atoms with E-state index in [2.05, 4.69) is 35.8 Å². The Balaban J connectivity index is 1.48. The van der Waals surface area contributed by atoms with Gasteiger partial charge in [0.25, 0.3) is 5.91 Å². The molecule has 3 heterocycles. The lowest BCUT2D eigenvalue weighted by molar-refractivity contribution is 0.0941. The number of anilines is 2. The zero-order valence-electron chi connectivity index (χ0n) is 19.5. The van der Waals surface area contributed by atoms with Crippen LogP contribution in [-0.2, 0) is 19.0 Å². The molecule has 0 fully saturated rings. The molecule has 11 heteroatoms. The highest BCUT2D eigenvalue weighted by molar-refractivity contribution is 5.92. The number of aryl methyl sites for hydroxylation is 2. The van der Waals surface area contributed by atoms with Gasteiger partial charge in [-0.15, -0.1) is 0 Å². The van der Waals surface area contributed by atoms with Gasteiger partial charge in [0.05, 0.1) is 17.4 Å². The fourth-order valence-electron chi connectivity index (χ4n) is 3.19. The number of amides is 1. The van der Waals surface area contributed by atoms with Crippen LogP contribution in [0.1, 0.15) is 48.1 Å². The summed E-state index contributed by atoms with van der Waals surface area (Å²) in [5, 5.41) is 13.7. The number of nitrogens with zero attached hydrogens (tertiary/aromatic N) is 6. The molecule has 0 aliphatic carbocycles. The van der Waals surface area contributed by atoms with Crippen LogP contribution in [0, 0.1) is 12.7 Å². The third kappa shape index (κ3) is 5.08. The minimum Gasteiger partial charge on any atom is -0.360 e. The molecule has 0 radical (unpaired) electrons. The summed E-state index contributed by atoms with van der Waals surface area (Å²) in [4.78, 5) is 25.0. The number of nitrogens with one attached hydrogen (secondary N) is 2. The molecule has 10 nitrogen and oxygen atoms in total. The molecule has 0 bridgehead atoms. The quantitative estimate of drug-likeness (QED) is 0.443. The van der Waals surface area contributed by atoms with Crippen LogP contribution in [0.5, 0.6) is 0 Å². The van der Waals surface area contributed by atoms with Gasteiger partial charge >= 0.3 is 0 Å². The highest BCUT2D eigenvalue weighted by Gasteiger charge is 2.22. The number of hydrogen-bond donors (Lipinski definition) is 2. The van der Waals surface area contributed by atoms with Crippen molar-refractivity contribution in [1.29, 1.82) is 0 Å². The first kappa shape index (κ1) is 23.0. The number of halogens is 1. The summed E-state index contributed by atoms with van der Waals surface area (Å²) in [7, 11) is 1.79. The van der Waals surface area contributed by atoms with Crippen molar-refractivity contribution in [3.8, 4) is 11.4 Å². The third-order valence-electron chi connectivity index (χ3n) is 5.12. The number of benzene rings is 1. The Hall–Kier alpha value is -4.15. The maximum absolute atomic E-state index is 15.0. The molecule has 1 amide bonds. The average Bonchev–Trinajstić information content (AvgIpc) is 3.43. The molecular weight excluding hydrogens is 439 g/mol. The van der Waals surface area contributed by atoms with Crippen molar-refractivity contribution in [1.82, 2.24) is 35.2 Å². The average molecular weight is 465 g/mol. The number of rotatable bonds is 6. The minimum absolute atomic E-state index is 0.130. The van der Waals surface area contributed by atoms with Crippen LogP contribution in [0.3, 0.4) is 0 Å². The van der Waals surface area contributed by atoms with Crippen molar-refractivity contribution >= 4 is 17.5 Å². The van der Waals surface area contributed by atoms with E-state index in [-0.39, 0.29) is 35.0 Å². The highest BCUT2D eigenvalue weighted by atomic mass is 19.1. The lowest BCUT2D eigenvalue weighted by Gasteiger charge is -2.12. The maximum atomic E-state index is 15.0. The Kier molecular flexibility index (Phi) is 6.10. The molecule has 0 unspecified atom stereocenters. The zero-order chi connectivity index (χ0) is 24.5. The molecule has 176 valence electrons. The predicted molar refractivity (Wildman–Crippen MR) is 123 cm³/mol. The van der Waals surface area contributed by atoms with Crippen LogP contribution in [-0.4, -0.2) is 35.8 Å². The molecule has 1 aromatic carbocycles. The maximum Gasteiger partial charge on any atom is 0.273 e. The summed E-state index contributed by atoms with van der Waals surface area (Å²) in [5.74, 6) is 0.166. The summed E-state index contributed by atoms with van der Waals surface area (Å²) in [6, 6.07) is 4.63. The van der Waals surface area contributed by atoms with Crippen LogP contribution in [0.15, 0.2) is 41.4 Å². The minimum atomic E-state index is -0.509. The molecule has 0 atom stereocenters. The van der Waals surface area contributed by atoms with Gasteiger partial charge in [-0.3, -0.25) is 9.48 Å². The van der Waals surface area contributed by atoms with Gasteiger partial charge in [-0.2, -0.15) is 10.1 Å². The molecule has 0 aliphatic heterocycles. The smallest absolute Gasteiger partial charge is 0.273 e. The van der Waals surface area contributed by atoms with Crippen LogP contribution in [0.25, 0.3) is 11.4 Å². The summed E-state index contributed by atoms with van der Waals surface area (Å²) in [5.41, 5.74) is 2.24. The largest absolute Gasteiger partial charge is 0.360 e. The highest BCUT2D eigenvalue weighted by Crippen LogP contribution is 2.25. The van der Waals surface area contributed by atoms with Gasteiger partial charge < -0.3 is 15.2 Å². The first-order valence-corrected chi connectivity index (χ1v) is 10.6. The van der Waals surface area contributed by atoms with E-state index in [0.29, 0.717) is 17.0 Å². The summed E-state index contributed by atoms with van der Waals surface area (Å²) in [6.07, 6.45) is 4.70. The van der Waals surface area contributed by atoms with E-state index < -0.39 is 11.7 Å². The molecule has 0 aliphatic rings. The van der Waals surface area contributed by atoms with Crippen molar-refractivity contribution in [2.45, 2.75) is 39.7 Å². The molecule has 0 saturated heterocycles. The van der Waals surface area contributed by atoms with E-state index in [1.54, 1.807) is 36.3 Å². The van der Waals surface area contributed by atoms with Crippen molar-refractivity contribution in [3.63, 3.8) is 0 Å². The lowest BCUT2D eigenvalue weighted by atomic mass is 9.93. The normalized spacial score (nSPS) is 11.5. The topological polar surface area (TPSA) is 124 Å². The van der Waals surface area contributed by atoms with Gasteiger partial charge in [0.15, 0.2) is 11.5 Å². The van der Waals surface area contributed by atoms with E-state index >= 15 is 0 Å². The van der Waals surface area contributed by atoms with Crippen molar-refractivity contribution in [3.05, 3.63) is 65.3 Å². The zero-order valence-corrected chi connectivity index (χ0v) is 19.5. The van der Waals surface area contributed by atoms with Gasteiger partial charge in [0.1, 0.15) is 17.9 Å². The SMILES string of the molecule is Cc1cc(-c2ncnc(Nc3cnn(C)c3)n2)c(F)cc1CNC(=O)c1cc(C(C)(C)C)on1. The van der Waals surface area contributed by atoms with E-state index in [1.807, 2.05) is 27.7 Å². The molecule has 2 N–H and O–H groups in total. The first-order valence-electron chi connectivity index (χ1n) is 10.6. The number of carbonyl (C=O) groups excluding carboxylic acids is 1. The predicted octanol–water partition coefficient (Wildman–Crippen LogP) is 3.68. The summed E-state index contributed by atoms with van der Waals surface area (Å²) in [6.45, 7) is 7.85. The van der Waals surface area contributed by atoms with E-state index in [0.717, 1.165) is 5.56 Å². The Labute approximate surface area is 195 Å². The van der Waals surface area contributed by atoms with Crippen molar-refractivity contribution < 1.29 is 13.7 Å². The Morgan fingerprint density at radius 3 is 2.68 bits per heavy atom. The van der Waals surface area contributed by atoms with Gasteiger partial charge in [0, 0.05) is 31.3 Å². The molecule has 0 saturated carbocycles. The van der Waals surface area contributed by atoms with Gasteiger partial charge in [0.2, 0.25) is 5.95 Å². The Morgan fingerprint density at radius 2 is 2.00 bits per heavy atom. The molecule has 3 aromatic heterocycles. The molecule has 34 heavy (non-hydrogen) atoms. The second kappa shape index (κ2) is 9.00. The van der Waals surface area contributed by atoms with Crippen LogP contribution >= 0.6 is 0 Å². The van der Waals surface area contributed by atoms with Crippen LogP contribution < -0.4 is 10.6 Å². The summed E-state index contributed by atoms with van der Waals surface area (Å²) < 4.78 is 21.9. The molecule has 0 spiro atoms. The second-order valence-corrected chi connectivity index (χ2v) is 8.93. The fourth-order valence-corrected chi connectivity index (χ4v) is 3.19. The molecule has 4 aromatic rings. The van der Waals surface area contributed by atoms with Crippen molar-refractivity contribution in [2.24, 2.45) is 7.05 Å². The lowest BCUT2D eigenvalue weighted by Crippen LogP contribution is -2.23. The number of aromatic nitrogens is 6. The van der Waals surface area contributed by atoms with Gasteiger partial charge in [-0.05, 0) is 30.2 Å². The summed E-state index contributed by atoms with van der Waals surface area (Å²) >= 11 is 0. The second-order valence-electron chi connectivity index (χ2n) is 8.93. The van der Waals surface area contributed by atoms with Crippen molar-refractivity contribution in [2.75, 3.05) is 5.32 Å². The Bertz CT molecular complexity index is 1340. The first-order chi connectivity index (χ1) is 16.1. The standard InChI is InChI=1S/C23H25FN8O2/c1-13-6-16(20-26-12-27-22(30-20)29-15-10-28-32(5)11-15)17(24)7-14(13)9-25-21(33)18-8-19(34-31-18)23(2,3)4/h6-8,10-12H,9H2,1-5H3,(H,25,33)(H,26,27,29,30).